The Kier molecular flexibility index (Phi) is 8.55. The third-order valence-electron chi connectivity index (χ3n) is 3.89. The molecule has 0 fully saturated rings. The summed E-state index contributed by atoms with van der Waals surface area (Å²) in [6.07, 6.45) is -13.7. The van der Waals surface area contributed by atoms with Crippen LogP contribution in [0.3, 0.4) is 0 Å². The van der Waals surface area contributed by atoms with Gasteiger partial charge in [-0.15, -0.1) is 0 Å². The SMILES string of the molecule is FC(F)(F)Cn1nc(-c2ccccc2Cl)nc1-c1ccccc1C(F)(F)F.NNCC(F)(F)F. The number of nitrogens with two attached hydrogens (primary N) is 1. The number of hydrogen-bond acceptors (Lipinski definition) is 4. The van der Waals surface area contributed by atoms with Crippen molar-refractivity contribution in [3.05, 3.63) is 59.1 Å². The van der Waals surface area contributed by atoms with Gasteiger partial charge < -0.3 is 0 Å². The Balaban J connectivity index is 0.000000509. The second-order valence-corrected chi connectivity index (χ2v) is 6.96. The Bertz CT molecular complexity index is 1090. The van der Waals surface area contributed by atoms with Gasteiger partial charge in [0.25, 0.3) is 0 Å². The van der Waals surface area contributed by atoms with Gasteiger partial charge in [-0.25, -0.2) is 9.67 Å². The lowest BCUT2D eigenvalue weighted by Crippen LogP contribution is -2.33. The minimum atomic E-state index is -4.77. The van der Waals surface area contributed by atoms with Crippen molar-refractivity contribution in [1.29, 1.82) is 0 Å². The van der Waals surface area contributed by atoms with Gasteiger partial charge in [-0.3, -0.25) is 11.3 Å². The Labute approximate surface area is 191 Å². The first-order valence-corrected chi connectivity index (χ1v) is 9.43. The highest BCUT2D eigenvalue weighted by molar-refractivity contribution is 6.33. The molecule has 3 aromatic rings. The van der Waals surface area contributed by atoms with Crippen LogP contribution >= 0.6 is 11.6 Å². The molecule has 1 heterocycles. The van der Waals surface area contributed by atoms with Gasteiger partial charge >= 0.3 is 18.5 Å². The number of halogens is 10. The summed E-state index contributed by atoms with van der Waals surface area (Å²) in [5.41, 5.74) is 0.0914. The monoisotopic (exact) mass is 519 g/mol. The van der Waals surface area contributed by atoms with E-state index in [1.54, 1.807) is 12.1 Å². The first-order chi connectivity index (χ1) is 15.6. The van der Waals surface area contributed by atoms with E-state index in [9.17, 15) is 39.5 Å². The molecule has 0 atom stereocenters. The maximum absolute atomic E-state index is 13.3. The Hall–Kier alpha value is -2.84. The molecule has 0 radical (unpaired) electrons. The zero-order valence-corrected chi connectivity index (χ0v) is 17.5. The molecule has 0 aliphatic rings. The predicted octanol–water partition coefficient (Wildman–Crippen LogP) is 5.86. The fraction of sp³-hybridized carbons (Fsp3) is 0.263. The number of aromatic nitrogens is 3. The number of hydrazine groups is 1. The molecule has 0 aliphatic heterocycles. The van der Waals surface area contributed by atoms with E-state index in [-0.39, 0.29) is 16.4 Å². The van der Waals surface area contributed by atoms with E-state index in [0.717, 1.165) is 18.2 Å². The number of nitrogens with zero attached hydrogens (tertiary/aromatic N) is 3. The molecular weight excluding hydrogens is 505 g/mol. The summed E-state index contributed by atoms with van der Waals surface area (Å²) in [6.45, 7) is -2.72. The number of benzene rings is 2. The number of alkyl halides is 9. The molecule has 0 saturated carbocycles. The molecule has 0 amide bonds. The first-order valence-electron chi connectivity index (χ1n) is 9.05. The van der Waals surface area contributed by atoms with Crippen molar-refractivity contribution in [3.63, 3.8) is 0 Å². The van der Waals surface area contributed by atoms with Crippen LogP contribution in [-0.2, 0) is 12.7 Å². The molecule has 2 aromatic carbocycles. The van der Waals surface area contributed by atoms with Crippen LogP contribution in [0.5, 0.6) is 0 Å². The Morgan fingerprint density at radius 2 is 1.38 bits per heavy atom. The summed E-state index contributed by atoms with van der Waals surface area (Å²) in [5.74, 6) is 3.60. The van der Waals surface area contributed by atoms with Gasteiger partial charge in [0.2, 0.25) is 0 Å². The highest BCUT2D eigenvalue weighted by Gasteiger charge is 2.36. The maximum atomic E-state index is 13.3. The molecule has 15 heteroatoms. The third-order valence-corrected chi connectivity index (χ3v) is 4.22. The van der Waals surface area contributed by atoms with Crippen LogP contribution in [0.25, 0.3) is 22.8 Å². The smallest absolute Gasteiger partial charge is 0.271 e. The maximum Gasteiger partial charge on any atom is 0.417 e. The average molecular weight is 520 g/mol. The quantitative estimate of drug-likeness (QED) is 0.257. The van der Waals surface area contributed by atoms with E-state index in [1.807, 2.05) is 0 Å². The van der Waals surface area contributed by atoms with Gasteiger partial charge in [0.1, 0.15) is 13.1 Å². The van der Waals surface area contributed by atoms with Crippen molar-refractivity contribution in [2.75, 3.05) is 6.54 Å². The summed E-state index contributed by atoms with van der Waals surface area (Å²) >= 11 is 6.01. The lowest BCUT2D eigenvalue weighted by Gasteiger charge is -2.13. The molecule has 3 N–H and O–H groups in total. The van der Waals surface area contributed by atoms with Crippen LogP contribution in [0.1, 0.15) is 5.56 Å². The van der Waals surface area contributed by atoms with E-state index in [1.165, 1.54) is 23.6 Å². The van der Waals surface area contributed by atoms with E-state index >= 15 is 0 Å². The standard InChI is InChI=1S/C17H10ClF6N3.C2H5F3N2/c18-13-8-4-2-6-11(13)14-25-15(27(26-14)9-16(19,20)21)10-5-1-3-7-12(10)17(22,23)24;3-2(4,5)1-7-6/h1-8H,9H2;7H,1,6H2. The van der Waals surface area contributed by atoms with Gasteiger partial charge in [-0.2, -0.15) is 44.6 Å². The van der Waals surface area contributed by atoms with Crippen LogP contribution < -0.4 is 11.3 Å². The zero-order valence-electron chi connectivity index (χ0n) is 16.7. The number of hydrogen-bond donors (Lipinski definition) is 2. The number of nitrogens with one attached hydrogen (secondary N) is 1. The van der Waals surface area contributed by atoms with Crippen molar-refractivity contribution in [1.82, 2.24) is 20.2 Å². The molecule has 3 rings (SSSR count). The van der Waals surface area contributed by atoms with Crippen molar-refractivity contribution < 1.29 is 39.5 Å². The Morgan fingerprint density at radius 3 is 1.85 bits per heavy atom. The Morgan fingerprint density at radius 1 is 0.824 bits per heavy atom. The molecule has 5 nitrogen and oxygen atoms in total. The second kappa shape index (κ2) is 10.6. The molecule has 0 saturated heterocycles. The van der Waals surface area contributed by atoms with Gasteiger partial charge in [0, 0.05) is 11.1 Å². The molecule has 0 aliphatic carbocycles. The van der Waals surface area contributed by atoms with Crippen LogP contribution in [0.15, 0.2) is 48.5 Å². The summed E-state index contributed by atoms with van der Waals surface area (Å²) < 4.78 is 112. The summed E-state index contributed by atoms with van der Waals surface area (Å²) in [5, 5.41) is 3.92. The van der Waals surface area contributed by atoms with Crippen molar-refractivity contribution >= 4 is 11.6 Å². The molecule has 0 unspecified atom stereocenters. The molecular formula is C19H15ClF9N5. The molecule has 1 aromatic heterocycles. The van der Waals surface area contributed by atoms with Crippen molar-refractivity contribution in [2.45, 2.75) is 25.1 Å². The van der Waals surface area contributed by atoms with Crippen LogP contribution in [0, 0.1) is 0 Å². The van der Waals surface area contributed by atoms with Crippen molar-refractivity contribution in [2.24, 2.45) is 5.84 Å². The van der Waals surface area contributed by atoms with Crippen LogP contribution in [-0.4, -0.2) is 33.7 Å². The van der Waals surface area contributed by atoms with E-state index in [2.05, 4.69) is 15.9 Å². The lowest BCUT2D eigenvalue weighted by atomic mass is 10.1. The molecule has 0 spiro atoms. The van der Waals surface area contributed by atoms with Gasteiger partial charge in [0.05, 0.1) is 10.6 Å². The fourth-order valence-electron chi connectivity index (χ4n) is 2.62. The van der Waals surface area contributed by atoms with E-state index in [0.29, 0.717) is 4.68 Å². The second-order valence-electron chi connectivity index (χ2n) is 6.55. The zero-order chi connectivity index (χ0) is 25.7. The topological polar surface area (TPSA) is 68.8 Å². The molecule has 186 valence electrons. The average Bonchev–Trinajstić information content (AvgIpc) is 3.09. The van der Waals surface area contributed by atoms with E-state index < -0.39 is 48.6 Å². The summed E-state index contributed by atoms with van der Waals surface area (Å²) in [7, 11) is 0. The first kappa shape index (κ1) is 27.4. The largest absolute Gasteiger partial charge is 0.417 e. The van der Waals surface area contributed by atoms with Crippen LogP contribution in [0.4, 0.5) is 39.5 Å². The normalized spacial score (nSPS) is 12.3. The minimum absolute atomic E-state index is 0.164. The molecule has 34 heavy (non-hydrogen) atoms. The highest BCUT2D eigenvalue weighted by atomic mass is 35.5. The summed E-state index contributed by atoms with van der Waals surface area (Å²) in [4.78, 5) is 3.94. The van der Waals surface area contributed by atoms with Gasteiger partial charge in [-0.05, 0) is 18.2 Å². The highest BCUT2D eigenvalue weighted by Crippen LogP contribution is 2.38. The van der Waals surface area contributed by atoms with Gasteiger partial charge in [-0.1, -0.05) is 41.9 Å². The van der Waals surface area contributed by atoms with Crippen LogP contribution in [0.2, 0.25) is 5.02 Å². The third kappa shape index (κ3) is 7.88. The van der Waals surface area contributed by atoms with Gasteiger partial charge in [0.15, 0.2) is 11.6 Å². The lowest BCUT2D eigenvalue weighted by molar-refractivity contribution is -0.142. The molecule has 0 bridgehead atoms. The fourth-order valence-corrected chi connectivity index (χ4v) is 2.84. The predicted molar refractivity (Wildman–Crippen MR) is 105 cm³/mol. The van der Waals surface area contributed by atoms with E-state index in [4.69, 9.17) is 11.6 Å². The summed E-state index contributed by atoms with van der Waals surface area (Å²) in [6, 6.07) is 10.4. The van der Waals surface area contributed by atoms with Crippen molar-refractivity contribution in [3.8, 4) is 22.8 Å². The minimum Gasteiger partial charge on any atom is -0.271 e. The number of rotatable bonds is 4.